The second kappa shape index (κ2) is 6.66. The third-order valence-corrected chi connectivity index (χ3v) is 4.00. The van der Waals surface area contributed by atoms with Gasteiger partial charge in [0.2, 0.25) is 5.91 Å². The number of carbonyl (C=O) groups is 2. The Kier molecular flexibility index (Phi) is 5.50. The summed E-state index contributed by atoms with van der Waals surface area (Å²) in [7, 11) is 0. The van der Waals surface area contributed by atoms with Crippen LogP contribution in [0.1, 0.15) is 13.8 Å². The van der Waals surface area contributed by atoms with Crippen LogP contribution in [0, 0.1) is 5.92 Å². The molecule has 0 aliphatic heterocycles. The zero-order valence-electron chi connectivity index (χ0n) is 10.1. The summed E-state index contributed by atoms with van der Waals surface area (Å²) in [5, 5.41) is 2.37. The number of urea groups is 1. The summed E-state index contributed by atoms with van der Waals surface area (Å²) in [6.45, 7) is 3.82. The van der Waals surface area contributed by atoms with Gasteiger partial charge >= 0.3 is 6.03 Å². The second-order valence-corrected chi connectivity index (χ2v) is 5.74. The van der Waals surface area contributed by atoms with Gasteiger partial charge in [-0.15, -0.1) is 11.8 Å². The fraction of sp³-hybridized carbons (Fsp3) is 0.333. The lowest BCUT2D eigenvalue weighted by molar-refractivity contribution is -0.120. The number of nitrogens with one attached hydrogen (secondary N) is 1. The van der Waals surface area contributed by atoms with Crippen LogP contribution in [0.25, 0.3) is 0 Å². The monoisotopic (exact) mass is 286 g/mol. The molecule has 0 aliphatic rings. The van der Waals surface area contributed by atoms with Crippen molar-refractivity contribution < 1.29 is 9.59 Å². The molecule has 0 aromatic heterocycles. The average Bonchev–Trinajstić information content (AvgIpc) is 2.26. The van der Waals surface area contributed by atoms with E-state index in [0.717, 1.165) is 4.90 Å². The van der Waals surface area contributed by atoms with E-state index in [1.807, 2.05) is 26.0 Å². The maximum absolute atomic E-state index is 11.8. The summed E-state index contributed by atoms with van der Waals surface area (Å²) in [4.78, 5) is 23.4. The van der Waals surface area contributed by atoms with Crippen LogP contribution in [0.5, 0.6) is 0 Å². The van der Waals surface area contributed by atoms with Crippen molar-refractivity contribution in [2.75, 3.05) is 0 Å². The van der Waals surface area contributed by atoms with Crippen molar-refractivity contribution in [1.82, 2.24) is 5.32 Å². The van der Waals surface area contributed by atoms with Crippen LogP contribution in [0.15, 0.2) is 29.2 Å². The van der Waals surface area contributed by atoms with E-state index in [9.17, 15) is 9.59 Å². The number of thioether (sulfide) groups is 1. The zero-order valence-corrected chi connectivity index (χ0v) is 11.7. The summed E-state index contributed by atoms with van der Waals surface area (Å²) in [6.07, 6.45) is 0. The molecule has 4 nitrogen and oxygen atoms in total. The highest BCUT2D eigenvalue weighted by Crippen LogP contribution is 2.29. The maximum atomic E-state index is 11.8. The van der Waals surface area contributed by atoms with Crippen LogP contribution in [-0.2, 0) is 4.79 Å². The molecule has 0 aliphatic carbocycles. The van der Waals surface area contributed by atoms with Gasteiger partial charge in [0.1, 0.15) is 0 Å². The molecule has 1 aromatic rings. The Morgan fingerprint density at radius 1 is 1.28 bits per heavy atom. The molecule has 0 heterocycles. The summed E-state index contributed by atoms with van der Waals surface area (Å²) >= 11 is 7.17. The number of nitrogens with two attached hydrogens (primary N) is 1. The predicted molar refractivity (Wildman–Crippen MR) is 73.7 cm³/mol. The lowest BCUT2D eigenvalue weighted by Crippen LogP contribution is -2.42. The molecule has 0 radical (unpaired) electrons. The van der Waals surface area contributed by atoms with E-state index in [0.29, 0.717) is 5.02 Å². The Hall–Kier alpha value is -1.20. The summed E-state index contributed by atoms with van der Waals surface area (Å²) in [5.74, 6) is -0.303. The molecule has 6 heteroatoms. The van der Waals surface area contributed by atoms with Crippen LogP contribution in [0.2, 0.25) is 5.02 Å². The number of hydrogen-bond acceptors (Lipinski definition) is 3. The standard InChI is InChI=1S/C12H15ClN2O2S/c1-7(2)10(11(16)15-12(14)17)18-9-5-3-8(13)4-6-9/h3-7,10H,1-2H3,(H3,14,15,16,17)/t10-/m1/s1. The highest BCUT2D eigenvalue weighted by atomic mass is 35.5. The van der Waals surface area contributed by atoms with Gasteiger partial charge in [-0.05, 0) is 30.2 Å². The molecule has 0 bridgehead atoms. The molecular formula is C12H15ClN2O2S. The number of imide groups is 1. The molecule has 3 amide bonds. The number of rotatable bonds is 4. The van der Waals surface area contributed by atoms with E-state index in [-0.39, 0.29) is 17.1 Å². The molecule has 18 heavy (non-hydrogen) atoms. The first-order chi connectivity index (χ1) is 8.40. The fourth-order valence-corrected chi connectivity index (χ4v) is 2.50. The molecule has 0 spiro atoms. The average molecular weight is 287 g/mol. The minimum absolute atomic E-state index is 0.0741. The molecule has 0 fully saturated rings. The lowest BCUT2D eigenvalue weighted by Gasteiger charge is -2.18. The van der Waals surface area contributed by atoms with E-state index in [1.165, 1.54) is 11.8 Å². The maximum Gasteiger partial charge on any atom is 0.318 e. The Morgan fingerprint density at radius 2 is 1.83 bits per heavy atom. The van der Waals surface area contributed by atoms with Crippen LogP contribution in [0.4, 0.5) is 4.79 Å². The third kappa shape index (κ3) is 4.58. The van der Waals surface area contributed by atoms with Crippen molar-refractivity contribution in [1.29, 1.82) is 0 Å². The first-order valence-electron chi connectivity index (χ1n) is 5.42. The quantitative estimate of drug-likeness (QED) is 0.836. The van der Waals surface area contributed by atoms with E-state index >= 15 is 0 Å². The van der Waals surface area contributed by atoms with Crippen molar-refractivity contribution in [3.05, 3.63) is 29.3 Å². The van der Waals surface area contributed by atoms with E-state index in [2.05, 4.69) is 5.32 Å². The van der Waals surface area contributed by atoms with Gasteiger partial charge in [-0.25, -0.2) is 4.79 Å². The SMILES string of the molecule is CC(C)[C@@H](Sc1ccc(Cl)cc1)C(=O)NC(N)=O. The molecule has 1 atom stereocenters. The number of carbonyl (C=O) groups excluding carboxylic acids is 2. The lowest BCUT2D eigenvalue weighted by atomic mass is 10.1. The second-order valence-electron chi connectivity index (χ2n) is 4.09. The molecule has 1 rings (SSSR count). The Labute approximate surface area is 115 Å². The van der Waals surface area contributed by atoms with E-state index in [1.54, 1.807) is 12.1 Å². The third-order valence-electron chi connectivity index (χ3n) is 2.19. The zero-order chi connectivity index (χ0) is 13.7. The first-order valence-corrected chi connectivity index (χ1v) is 6.68. The smallest absolute Gasteiger partial charge is 0.318 e. The number of hydrogen-bond donors (Lipinski definition) is 2. The van der Waals surface area contributed by atoms with Crippen molar-refractivity contribution >= 4 is 35.3 Å². The highest BCUT2D eigenvalue weighted by molar-refractivity contribution is 8.00. The van der Waals surface area contributed by atoms with Gasteiger partial charge in [0.25, 0.3) is 0 Å². The topological polar surface area (TPSA) is 72.2 Å². The Bertz CT molecular complexity index is 434. The summed E-state index contributed by atoms with van der Waals surface area (Å²) in [6, 6.07) is 6.35. The highest BCUT2D eigenvalue weighted by Gasteiger charge is 2.24. The molecule has 0 saturated carbocycles. The van der Waals surface area contributed by atoms with Gasteiger partial charge in [0.15, 0.2) is 0 Å². The molecule has 1 aromatic carbocycles. The van der Waals surface area contributed by atoms with Gasteiger partial charge in [0.05, 0.1) is 5.25 Å². The van der Waals surface area contributed by atoms with Gasteiger partial charge in [-0.2, -0.15) is 0 Å². The fourth-order valence-electron chi connectivity index (χ4n) is 1.34. The number of halogens is 1. The Balaban J connectivity index is 2.77. The van der Waals surface area contributed by atoms with Gasteiger partial charge in [-0.1, -0.05) is 25.4 Å². The Morgan fingerprint density at radius 3 is 2.28 bits per heavy atom. The van der Waals surface area contributed by atoms with Crippen LogP contribution in [-0.4, -0.2) is 17.2 Å². The van der Waals surface area contributed by atoms with Crippen LogP contribution in [0.3, 0.4) is 0 Å². The van der Waals surface area contributed by atoms with Gasteiger partial charge < -0.3 is 5.73 Å². The molecule has 0 unspecified atom stereocenters. The van der Waals surface area contributed by atoms with Crippen molar-refractivity contribution in [2.24, 2.45) is 11.7 Å². The van der Waals surface area contributed by atoms with Crippen LogP contribution >= 0.6 is 23.4 Å². The predicted octanol–water partition coefficient (Wildman–Crippen LogP) is 2.65. The van der Waals surface area contributed by atoms with Gasteiger partial charge in [-0.3, -0.25) is 10.1 Å². The number of amides is 3. The van der Waals surface area contributed by atoms with Crippen molar-refractivity contribution in [3.8, 4) is 0 Å². The first kappa shape index (κ1) is 14.9. The summed E-state index contributed by atoms with van der Waals surface area (Å²) < 4.78 is 0. The van der Waals surface area contributed by atoms with E-state index in [4.69, 9.17) is 17.3 Å². The molecule has 98 valence electrons. The largest absolute Gasteiger partial charge is 0.351 e. The van der Waals surface area contributed by atoms with Crippen LogP contribution < -0.4 is 11.1 Å². The number of primary amides is 1. The molecular weight excluding hydrogens is 272 g/mol. The number of benzene rings is 1. The van der Waals surface area contributed by atoms with Crippen molar-refractivity contribution in [3.63, 3.8) is 0 Å². The summed E-state index contributed by atoms with van der Waals surface area (Å²) in [5.41, 5.74) is 4.95. The minimum atomic E-state index is -0.831. The normalized spacial score (nSPS) is 12.2. The molecule has 0 saturated heterocycles. The van der Waals surface area contributed by atoms with Gasteiger partial charge in [0, 0.05) is 9.92 Å². The molecule has 3 N–H and O–H groups in total. The van der Waals surface area contributed by atoms with E-state index < -0.39 is 6.03 Å². The minimum Gasteiger partial charge on any atom is -0.351 e. The van der Waals surface area contributed by atoms with Crippen molar-refractivity contribution in [2.45, 2.75) is 24.0 Å².